The van der Waals surface area contributed by atoms with E-state index in [4.69, 9.17) is 4.74 Å². The lowest BCUT2D eigenvalue weighted by molar-refractivity contribution is 0.0530. The van der Waals surface area contributed by atoms with Gasteiger partial charge in [0.25, 0.3) is 0 Å². The molecule has 0 bridgehead atoms. The fraction of sp³-hybridized carbons (Fsp3) is 0.571. The summed E-state index contributed by atoms with van der Waals surface area (Å²) < 4.78 is 5.13. The molecule has 1 heterocycles. The molecule has 0 unspecified atom stereocenters. The van der Waals surface area contributed by atoms with Crippen LogP contribution in [0.4, 0.5) is 16.4 Å². The third-order valence-corrected chi connectivity index (χ3v) is 2.60. The molecule has 23 heavy (non-hydrogen) atoms. The highest BCUT2D eigenvalue weighted by Crippen LogP contribution is 2.25. The quantitative estimate of drug-likeness (QED) is 0.602. The molecular formula is C14H23N7O2. The van der Waals surface area contributed by atoms with Gasteiger partial charge >= 0.3 is 6.09 Å². The molecule has 1 aromatic rings. The van der Waals surface area contributed by atoms with Crippen molar-refractivity contribution in [2.45, 2.75) is 26.4 Å². The van der Waals surface area contributed by atoms with Crippen LogP contribution in [0, 0.1) is 11.3 Å². The number of hydrogen-bond donors (Lipinski definition) is 2. The lowest BCUT2D eigenvalue weighted by atomic mass is 10.2. The van der Waals surface area contributed by atoms with Crippen LogP contribution in [-0.2, 0) is 4.74 Å². The van der Waals surface area contributed by atoms with Crippen LogP contribution in [0.15, 0.2) is 5.10 Å². The summed E-state index contributed by atoms with van der Waals surface area (Å²) in [6.07, 6.45) is -0.493. The molecule has 0 aromatic carbocycles. The molecule has 9 heteroatoms. The minimum Gasteiger partial charge on any atom is -0.444 e. The van der Waals surface area contributed by atoms with Crippen LogP contribution in [0.25, 0.3) is 0 Å². The summed E-state index contributed by atoms with van der Waals surface area (Å²) in [5.41, 5.74) is -0.180. The van der Waals surface area contributed by atoms with Gasteiger partial charge in [-0.25, -0.2) is 4.79 Å². The Morgan fingerprint density at radius 1 is 1.48 bits per heavy atom. The molecule has 1 rings (SSSR count). The zero-order valence-electron chi connectivity index (χ0n) is 14.2. The summed E-state index contributed by atoms with van der Waals surface area (Å²) >= 11 is 0. The summed E-state index contributed by atoms with van der Waals surface area (Å²) in [7, 11) is 3.57. The Bertz CT molecular complexity index is 608. The number of anilines is 2. The van der Waals surface area contributed by atoms with Crippen molar-refractivity contribution >= 4 is 24.4 Å². The molecule has 0 atom stereocenters. The maximum absolute atomic E-state index is 11.5. The number of nitrogens with zero attached hydrogens (tertiary/aromatic N) is 5. The molecule has 126 valence electrons. The van der Waals surface area contributed by atoms with Gasteiger partial charge in [-0.1, -0.05) is 0 Å². The van der Waals surface area contributed by atoms with Crippen LogP contribution >= 0.6 is 0 Å². The van der Waals surface area contributed by atoms with Gasteiger partial charge in [-0.3, -0.25) is 0 Å². The second-order valence-electron chi connectivity index (χ2n) is 5.94. The van der Waals surface area contributed by atoms with Gasteiger partial charge in [0.2, 0.25) is 0 Å². The van der Waals surface area contributed by atoms with Crippen molar-refractivity contribution in [1.29, 1.82) is 5.26 Å². The van der Waals surface area contributed by atoms with E-state index in [-0.39, 0.29) is 0 Å². The van der Waals surface area contributed by atoms with E-state index >= 15 is 0 Å². The Labute approximate surface area is 135 Å². The first-order chi connectivity index (χ1) is 10.7. The third kappa shape index (κ3) is 5.18. The molecule has 9 nitrogen and oxygen atoms in total. The van der Waals surface area contributed by atoms with Crippen LogP contribution in [0.2, 0.25) is 0 Å². The van der Waals surface area contributed by atoms with Crippen molar-refractivity contribution in [2.75, 3.05) is 37.4 Å². The minimum absolute atomic E-state index is 0.325. The monoisotopic (exact) mass is 321 g/mol. The van der Waals surface area contributed by atoms with E-state index in [0.29, 0.717) is 30.3 Å². The lowest BCUT2D eigenvalue weighted by Crippen LogP contribution is -2.35. The van der Waals surface area contributed by atoms with Gasteiger partial charge in [0.05, 0.1) is 0 Å². The Hall–Kier alpha value is -2.76. The highest BCUT2D eigenvalue weighted by molar-refractivity contribution is 5.68. The van der Waals surface area contributed by atoms with Gasteiger partial charge in [0.15, 0.2) is 11.6 Å². The summed E-state index contributed by atoms with van der Waals surface area (Å²) in [4.78, 5) is 14.5. The van der Waals surface area contributed by atoms with Gasteiger partial charge in [-0.15, -0.1) is 9.89 Å². The molecule has 0 aliphatic heterocycles. The second kappa shape index (κ2) is 7.49. The molecule has 0 radical (unpaired) electrons. The smallest absolute Gasteiger partial charge is 0.407 e. The standard InChI is InChI=1S/C14H23N7O2/c1-14(2,3)23-13(22)18-8-7-17-11-10(9-15)12(20(5)6)21(16-4)19-11/h4,7-8H2,1-3,5-6H3,(H,17,19)(H,18,22). The number of hydrogen-bond acceptors (Lipinski definition) is 7. The van der Waals surface area contributed by atoms with Crippen LogP contribution < -0.4 is 15.5 Å². The average Bonchev–Trinajstić information content (AvgIpc) is 2.79. The Balaban J connectivity index is 2.64. The molecule has 0 saturated heterocycles. The first kappa shape index (κ1) is 18.3. The number of ether oxygens (including phenoxy) is 1. The van der Waals surface area contributed by atoms with Gasteiger partial charge in [0.1, 0.15) is 17.2 Å². The number of amides is 1. The fourth-order valence-electron chi connectivity index (χ4n) is 1.79. The van der Waals surface area contributed by atoms with Crippen molar-refractivity contribution in [3.63, 3.8) is 0 Å². The highest BCUT2D eigenvalue weighted by atomic mass is 16.6. The summed E-state index contributed by atoms with van der Waals surface area (Å²) in [5, 5.41) is 22.8. The first-order valence-corrected chi connectivity index (χ1v) is 7.07. The third-order valence-electron chi connectivity index (χ3n) is 2.60. The van der Waals surface area contributed by atoms with Crippen LogP contribution in [0.5, 0.6) is 0 Å². The summed E-state index contributed by atoms with van der Waals surface area (Å²) in [6.45, 7) is 9.52. The second-order valence-corrected chi connectivity index (χ2v) is 5.94. The van der Waals surface area contributed by atoms with E-state index in [1.165, 1.54) is 4.79 Å². The summed E-state index contributed by atoms with van der Waals surface area (Å²) in [5.74, 6) is 0.916. The molecule has 1 amide bonds. The lowest BCUT2D eigenvalue weighted by Gasteiger charge is -2.19. The number of nitriles is 1. The normalized spacial score (nSPS) is 10.6. The van der Waals surface area contributed by atoms with Gasteiger partial charge in [-0.05, 0) is 20.8 Å². The number of carbonyl (C=O) groups excluding carboxylic acids is 1. The predicted octanol–water partition coefficient (Wildman–Crippen LogP) is 1.22. The van der Waals surface area contributed by atoms with Crippen LogP contribution in [0.1, 0.15) is 26.3 Å². The van der Waals surface area contributed by atoms with Crippen molar-refractivity contribution in [3.8, 4) is 6.07 Å². The van der Waals surface area contributed by atoms with E-state index in [0.717, 1.165) is 0 Å². The van der Waals surface area contributed by atoms with E-state index in [1.54, 1.807) is 39.8 Å². The van der Waals surface area contributed by atoms with Crippen molar-refractivity contribution < 1.29 is 9.53 Å². The topological polar surface area (TPSA) is 108 Å². The van der Waals surface area contributed by atoms with Crippen molar-refractivity contribution in [2.24, 2.45) is 5.10 Å². The number of nitrogens with one attached hydrogen (secondary N) is 2. The SMILES string of the molecule is C=Nn1nc(NCCNC(=O)OC(C)(C)C)c(C#N)c1N(C)C. The van der Waals surface area contributed by atoms with E-state index in [9.17, 15) is 10.1 Å². The van der Waals surface area contributed by atoms with Crippen LogP contribution in [0.3, 0.4) is 0 Å². The molecule has 0 spiro atoms. The molecule has 0 saturated carbocycles. The van der Waals surface area contributed by atoms with Crippen molar-refractivity contribution in [1.82, 2.24) is 15.2 Å². The predicted molar refractivity (Wildman–Crippen MR) is 88.9 cm³/mol. The van der Waals surface area contributed by atoms with Gasteiger partial charge < -0.3 is 20.3 Å². The minimum atomic E-state index is -0.541. The van der Waals surface area contributed by atoms with Crippen LogP contribution in [-0.4, -0.2) is 55.5 Å². The molecule has 0 aliphatic carbocycles. The maximum Gasteiger partial charge on any atom is 0.407 e. The van der Waals surface area contributed by atoms with E-state index < -0.39 is 11.7 Å². The molecule has 0 aliphatic rings. The number of carbonyl (C=O) groups is 1. The zero-order chi connectivity index (χ0) is 17.6. The Morgan fingerprint density at radius 3 is 2.61 bits per heavy atom. The average molecular weight is 321 g/mol. The number of rotatable bonds is 6. The first-order valence-electron chi connectivity index (χ1n) is 7.07. The number of aromatic nitrogens is 2. The zero-order valence-corrected chi connectivity index (χ0v) is 14.2. The molecule has 2 N–H and O–H groups in total. The molecule has 1 aromatic heterocycles. The fourth-order valence-corrected chi connectivity index (χ4v) is 1.79. The Kier molecular flexibility index (Phi) is 5.95. The van der Waals surface area contributed by atoms with Gasteiger partial charge in [0, 0.05) is 33.9 Å². The van der Waals surface area contributed by atoms with E-state index in [2.05, 4.69) is 33.6 Å². The Morgan fingerprint density at radius 2 is 2.13 bits per heavy atom. The highest BCUT2D eigenvalue weighted by Gasteiger charge is 2.19. The molecule has 0 fully saturated rings. The maximum atomic E-state index is 11.5. The van der Waals surface area contributed by atoms with Crippen molar-refractivity contribution in [3.05, 3.63) is 5.56 Å². The molecular weight excluding hydrogens is 298 g/mol. The largest absolute Gasteiger partial charge is 0.444 e. The summed E-state index contributed by atoms with van der Waals surface area (Å²) in [6, 6.07) is 2.09. The van der Waals surface area contributed by atoms with E-state index in [1.807, 2.05) is 0 Å². The van der Waals surface area contributed by atoms with Gasteiger partial charge in [-0.2, -0.15) is 10.4 Å². The number of alkyl carbamates (subject to hydrolysis) is 1.